The van der Waals surface area contributed by atoms with Crippen molar-refractivity contribution in [3.63, 3.8) is 0 Å². The number of halogens is 1. The van der Waals surface area contributed by atoms with Crippen molar-refractivity contribution in [2.75, 3.05) is 23.7 Å². The molecule has 0 spiro atoms. The van der Waals surface area contributed by atoms with Gasteiger partial charge in [0.1, 0.15) is 11.9 Å². The molecule has 2 aromatic rings. The Bertz CT molecular complexity index is 1110. The summed E-state index contributed by atoms with van der Waals surface area (Å²) in [4.78, 5) is 28.0. The minimum Gasteiger partial charge on any atom is -0.354 e. The quantitative estimate of drug-likeness (QED) is 0.375. The third-order valence-corrected chi connectivity index (χ3v) is 7.28. The highest BCUT2D eigenvalue weighted by molar-refractivity contribution is 7.92. The predicted octanol–water partition coefficient (Wildman–Crippen LogP) is 4.40. The first-order valence-corrected chi connectivity index (χ1v) is 14.3. The standard InChI is InChI=1S/C27H38FN3O4S/c1-5-7-18-29-27(33)25(6-2)30(20-22-12-9-8-11-21(22)3)26(32)13-10-19-31(36(4,34)35)24-16-14-23(28)15-17-24/h8-9,11-12,14-17,25H,5-7,10,13,18-20H2,1-4H3,(H,29,33)/t25-/m0/s1. The SMILES string of the molecule is CCCCNC(=O)[C@H](CC)N(Cc1ccccc1C)C(=O)CCCN(c1ccc(F)cc1)S(C)(=O)=O. The molecule has 0 saturated heterocycles. The topological polar surface area (TPSA) is 86.8 Å². The van der Waals surface area contributed by atoms with E-state index in [1.165, 1.54) is 28.6 Å². The highest BCUT2D eigenvalue weighted by Gasteiger charge is 2.29. The van der Waals surface area contributed by atoms with Gasteiger partial charge in [-0.25, -0.2) is 12.8 Å². The molecule has 0 fully saturated rings. The first kappa shape index (κ1) is 29.3. The molecule has 0 unspecified atom stereocenters. The van der Waals surface area contributed by atoms with Crippen molar-refractivity contribution in [2.45, 2.75) is 65.5 Å². The number of hydrogen-bond acceptors (Lipinski definition) is 4. The Hall–Kier alpha value is -2.94. The molecule has 2 aromatic carbocycles. The Balaban J connectivity index is 2.20. The molecule has 198 valence electrons. The number of anilines is 1. The maximum atomic E-state index is 13.4. The van der Waals surface area contributed by atoms with Crippen LogP contribution in [-0.2, 0) is 26.2 Å². The van der Waals surface area contributed by atoms with E-state index in [2.05, 4.69) is 5.32 Å². The summed E-state index contributed by atoms with van der Waals surface area (Å²) in [6.07, 6.45) is 3.67. The Morgan fingerprint density at radius 3 is 2.28 bits per heavy atom. The summed E-state index contributed by atoms with van der Waals surface area (Å²) < 4.78 is 39.2. The fourth-order valence-corrected chi connectivity index (χ4v) is 4.97. The molecule has 2 rings (SSSR count). The molecule has 0 bridgehead atoms. The van der Waals surface area contributed by atoms with Crippen LogP contribution in [0.2, 0.25) is 0 Å². The van der Waals surface area contributed by atoms with Crippen LogP contribution in [-0.4, -0.2) is 50.5 Å². The number of unbranched alkanes of at least 4 members (excludes halogenated alkanes) is 1. The van der Waals surface area contributed by atoms with Crippen LogP contribution in [0.1, 0.15) is 57.1 Å². The Morgan fingerprint density at radius 1 is 1.03 bits per heavy atom. The van der Waals surface area contributed by atoms with Gasteiger partial charge in [0.15, 0.2) is 0 Å². The highest BCUT2D eigenvalue weighted by Crippen LogP contribution is 2.20. The minimum absolute atomic E-state index is 0.0634. The first-order valence-electron chi connectivity index (χ1n) is 12.4. The van der Waals surface area contributed by atoms with Crippen molar-refractivity contribution in [2.24, 2.45) is 0 Å². The largest absolute Gasteiger partial charge is 0.354 e. The van der Waals surface area contributed by atoms with E-state index >= 15 is 0 Å². The number of aryl methyl sites for hydroxylation is 1. The van der Waals surface area contributed by atoms with Crippen molar-refractivity contribution in [3.05, 3.63) is 65.5 Å². The lowest BCUT2D eigenvalue weighted by Crippen LogP contribution is -2.49. The molecule has 0 aromatic heterocycles. The normalized spacial score (nSPS) is 12.1. The lowest BCUT2D eigenvalue weighted by atomic mass is 10.1. The number of nitrogens with one attached hydrogen (secondary N) is 1. The first-order chi connectivity index (χ1) is 17.1. The molecule has 0 saturated carbocycles. The zero-order chi connectivity index (χ0) is 26.7. The second-order valence-corrected chi connectivity index (χ2v) is 10.8. The van der Waals surface area contributed by atoms with E-state index in [0.717, 1.165) is 30.2 Å². The summed E-state index contributed by atoms with van der Waals surface area (Å²) in [6, 6.07) is 12.3. The van der Waals surface area contributed by atoms with Crippen LogP contribution in [0, 0.1) is 12.7 Å². The van der Waals surface area contributed by atoms with Crippen LogP contribution >= 0.6 is 0 Å². The van der Waals surface area contributed by atoms with Gasteiger partial charge in [0.2, 0.25) is 21.8 Å². The molecular weight excluding hydrogens is 481 g/mol. The van der Waals surface area contributed by atoms with Crippen LogP contribution in [0.5, 0.6) is 0 Å². The van der Waals surface area contributed by atoms with Crippen LogP contribution < -0.4 is 9.62 Å². The van der Waals surface area contributed by atoms with E-state index in [1.54, 1.807) is 4.90 Å². The van der Waals surface area contributed by atoms with Gasteiger partial charge in [-0.3, -0.25) is 13.9 Å². The molecule has 9 heteroatoms. The summed E-state index contributed by atoms with van der Waals surface area (Å²) in [5, 5.41) is 2.94. The van der Waals surface area contributed by atoms with Gasteiger partial charge in [-0.05, 0) is 61.6 Å². The number of carbonyl (C=O) groups is 2. The summed E-state index contributed by atoms with van der Waals surface area (Å²) >= 11 is 0. The van der Waals surface area contributed by atoms with Crippen LogP contribution in [0.25, 0.3) is 0 Å². The van der Waals surface area contributed by atoms with Crippen molar-refractivity contribution in [3.8, 4) is 0 Å². The molecule has 36 heavy (non-hydrogen) atoms. The zero-order valence-electron chi connectivity index (χ0n) is 21.7. The van der Waals surface area contributed by atoms with E-state index in [-0.39, 0.29) is 31.2 Å². The summed E-state index contributed by atoms with van der Waals surface area (Å²) in [5.74, 6) is -0.864. The van der Waals surface area contributed by atoms with E-state index in [1.807, 2.05) is 45.0 Å². The Morgan fingerprint density at radius 2 is 1.69 bits per heavy atom. The number of sulfonamides is 1. The average Bonchev–Trinajstić information content (AvgIpc) is 2.83. The minimum atomic E-state index is -3.63. The predicted molar refractivity (Wildman–Crippen MR) is 142 cm³/mol. The molecule has 2 amide bonds. The maximum Gasteiger partial charge on any atom is 0.242 e. The monoisotopic (exact) mass is 519 g/mol. The van der Waals surface area contributed by atoms with Crippen molar-refractivity contribution < 1.29 is 22.4 Å². The lowest BCUT2D eigenvalue weighted by molar-refractivity contribution is -0.141. The number of nitrogens with zero attached hydrogens (tertiary/aromatic N) is 2. The second-order valence-electron chi connectivity index (χ2n) is 8.93. The van der Waals surface area contributed by atoms with Gasteiger partial charge < -0.3 is 10.2 Å². The van der Waals surface area contributed by atoms with Gasteiger partial charge in [0, 0.05) is 26.1 Å². The van der Waals surface area contributed by atoms with E-state index < -0.39 is 21.9 Å². The van der Waals surface area contributed by atoms with E-state index in [9.17, 15) is 22.4 Å². The number of rotatable bonds is 14. The van der Waals surface area contributed by atoms with Crippen molar-refractivity contribution in [1.82, 2.24) is 10.2 Å². The molecule has 1 N–H and O–H groups in total. The summed E-state index contributed by atoms with van der Waals surface area (Å²) in [7, 11) is -3.63. The van der Waals surface area contributed by atoms with Crippen LogP contribution in [0.15, 0.2) is 48.5 Å². The van der Waals surface area contributed by atoms with E-state index in [4.69, 9.17) is 0 Å². The second kappa shape index (κ2) is 14.0. The van der Waals surface area contributed by atoms with Gasteiger partial charge in [-0.1, -0.05) is 44.5 Å². The Kier molecular flexibility index (Phi) is 11.4. The smallest absolute Gasteiger partial charge is 0.242 e. The van der Waals surface area contributed by atoms with E-state index in [0.29, 0.717) is 25.2 Å². The third kappa shape index (κ3) is 8.62. The van der Waals surface area contributed by atoms with Gasteiger partial charge in [0.05, 0.1) is 11.9 Å². The molecule has 0 radical (unpaired) electrons. The fourth-order valence-electron chi connectivity index (χ4n) is 4.01. The summed E-state index contributed by atoms with van der Waals surface area (Å²) in [6.45, 7) is 6.80. The molecule has 0 aliphatic heterocycles. The highest BCUT2D eigenvalue weighted by atomic mass is 32.2. The van der Waals surface area contributed by atoms with Crippen molar-refractivity contribution in [1.29, 1.82) is 0 Å². The maximum absolute atomic E-state index is 13.4. The molecule has 7 nitrogen and oxygen atoms in total. The third-order valence-electron chi connectivity index (χ3n) is 6.08. The Labute approximate surface area is 214 Å². The fraction of sp³-hybridized carbons (Fsp3) is 0.481. The van der Waals surface area contributed by atoms with Crippen LogP contribution in [0.4, 0.5) is 10.1 Å². The number of benzene rings is 2. The zero-order valence-corrected chi connectivity index (χ0v) is 22.5. The van der Waals surface area contributed by atoms with Crippen molar-refractivity contribution >= 4 is 27.5 Å². The molecule has 0 aliphatic rings. The molecule has 1 atom stereocenters. The average molecular weight is 520 g/mol. The lowest BCUT2D eigenvalue weighted by Gasteiger charge is -2.31. The number of hydrogen-bond donors (Lipinski definition) is 1. The van der Waals surface area contributed by atoms with Crippen LogP contribution in [0.3, 0.4) is 0 Å². The number of carbonyl (C=O) groups excluding carboxylic acids is 2. The molecule has 0 heterocycles. The summed E-state index contributed by atoms with van der Waals surface area (Å²) in [5.41, 5.74) is 2.32. The molecular formula is C27H38FN3O4S. The van der Waals surface area contributed by atoms with Gasteiger partial charge >= 0.3 is 0 Å². The van der Waals surface area contributed by atoms with Gasteiger partial charge in [-0.15, -0.1) is 0 Å². The number of amides is 2. The van der Waals surface area contributed by atoms with Gasteiger partial charge in [-0.2, -0.15) is 0 Å². The molecule has 0 aliphatic carbocycles. The van der Waals surface area contributed by atoms with Gasteiger partial charge in [0.25, 0.3) is 0 Å².